The van der Waals surface area contributed by atoms with Crippen LogP contribution in [0.2, 0.25) is 0 Å². The summed E-state index contributed by atoms with van der Waals surface area (Å²) in [7, 11) is 0. The Kier molecular flexibility index (Phi) is 30.5. The van der Waals surface area contributed by atoms with Crippen LogP contribution >= 0.6 is 0 Å². The van der Waals surface area contributed by atoms with Gasteiger partial charge in [0, 0.05) is 32.4 Å². The van der Waals surface area contributed by atoms with Crippen LogP contribution in [0.4, 0.5) is 9.59 Å². The van der Waals surface area contributed by atoms with Crippen molar-refractivity contribution in [2.75, 3.05) is 26.4 Å². The van der Waals surface area contributed by atoms with Crippen LogP contribution in [0.25, 0.3) is 0 Å². The van der Waals surface area contributed by atoms with Crippen molar-refractivity contribution in [1.82, 2.24) is 20.2 Å². The largest absolute Gasteiger partial charge is 0.444 e. The molecule has 1 aromatic heterocycles. The minimum absolute atomic E-state index is 0.0424. The minimum atomic E-state index is -1.00. The summed E-state index contributed by atoms with van der Waals surface area (Å²) in [5.74, 6) is -0.405. The molecule has 58 heavy (non-hydrogen) atoms. The molecule has 1 rings (SSSR count). The summed E-state index contributed by atoms with van der Waals surface area (Å²) in [6, 6.07) is -1.00. The molecule has 0 aliphatic rings. The standard InChI is InChI=1S/C47H88N4O7/c1-9-11-13-15-17-19-21-23-25-27-29-31-33-55-38-41(56-34-32-30-28-26-24-22-20-18-16-14-12-10-2)36-48-43(52)42(50-44(53)57-46(3,4)5)35-40-37-51(39-49-40)45(54)58-47(6,7)8/h37,39,41-42H,9-36,38H2,1-8H3,(H,48,52)(H,50,53). The fourth-order valence-corrected chi connectivity index (χ4v) is 6.71. The molecule has 0 aromatic carbocycles. The van der Waals surface area contributed by atoms with E-state index in [9.17, 15) is 14.4 Å². The summed E-state index contributed by atoms with van der Waals surface area (Å²) in [4.78, 5) is 43.4. The van der Waals surface area contributed by atoms with Gasteiger partial charge in [0.05, 0.1) is 18.4 Å². The molecule has 1 aromatic rings. The molecule has 0 bridgehead atoms. The highest BCUT2D eigenvalue weighted by Gasteiger charge is 2.27. The normalized spacial score (nSPS) is 13.0. The lowest BCUT2D eigenvalue weighted by atomic mass is 10.1. The van der Waals surface area contributed by atoms with E-state index in [0.717, 1.165) is 25.7 Å². The van der Waals surface area contributed by atoms with Crippen molar-refractivity contribution < 1.29 is 33.3 Å². The molecule has 11 nitrogen and oxygen atoms in total. The van der Waals surface area contributed by atoms with E-state index in [0.29, 0.717) is 25.5 Å². The van der Waals surface area contributed by atoms with E-state index in [4.69, 9.17) is 18.9 Å². The quantitative estimate of drug-likeness (QED) is 0.0647. The van der Waals surface area contributed by atoms with E-state index in [2.05, 4.69) is 29.5 Å². The van der Waals surface area contributed by atoms with Gasteiger partial charge in [-0.15, -0.1) is 0 Å². The number of carbonyl (C=O) groups excluding carboxylic acids is 3. The minimum Gasteiger partial charge on any atom is -0.444 e. The highest BCUT2D eigenvalue weighted by atomic mass is 16.6. The zero-order valence-electron chi connectivity index (χ0n) is 38.6. The first kappa shape index (κ1) is 53.4. The fraction of sp³-hybridized carbons (Fsp3) is 0.872. The van der Waals surface area contributed by atoms with Gasteiger partial charge in [-0.25, -0.2) is 19.1 Å². The molecule has 0 saturated carbocycles. The average molecular weight is 821 g/mol. The van der Waals surface area contributed by atoms with E-state index in [1.807, 2.05) is 0 Å². The van der Waals surface area contributed by atoms with Gasteiger partial charge in [-0.3, -0.25) is 4.79 Å². The summed E-state index contributed by atoms with van der Waals surface area (Å²) in [5, 5.41) is 5.69. The van der Waals surface area contributed by atoms with Crippen LogP contribution in [0.15, 0.2) is 12.5 Å². The molecule has 0 saturated heterocycles. The third kappa shape index (κ3) is 31.3. The van der Waals surface area contributed by atoms with Crippen LogP contribution in [0.3, 0.4) is 0 Å². The van der Waals surface area contributed by atoms with E-state index >= 15 is 0 Å². The van der Waals surface area contributed by atoms with Gasteiger partial charge in [0.2, 0.25) is 5.91 Å². The Labute approximate surface area is 354 Å². The number of imidazole rings is 1. The lowest BCUT2D eigenvalue weighted by Crippen LogP contribution is -2.51. The first-order chi connectivity index (χ1) is 27.7. The summed E-state index contributed by atoms with van der Waals surface area (Å²) in [6.07, 6.45) is 32.1. The van der Waals surface area contributed by atoms with Crippen molar-refractivity contribution in [3.8, 4) is 0 Å². The summed E-state index contributed by atoms with van der Waals surface area (Å²) in [5.41, 5.74) is -0.988. The number of hydrogen-bond acceptors (Lipinski definition) is 8. The second-order valence-electron chi connectivity index (χ2n) is 18.2. The van der Waals surface area contributed by atoms with Gasteiger partial charge in [0.25, 0.3) is 0 Å². The van der Waals surface area contributed by atoms with Crippen LogP contribution in [0.5, 0.6) is 0 Å². The Bertz CT molecular complexity index is 1180. The van der Waals surface area contributed by atoms with Crippen molar-refractivity contribution >= 4 is 18.1 Å². The zero-order valence-corrected chi connectivity index (χ0v) is 38.6. The first-order valence-corrected chi connectivity index (χ1v) is 23.5. The number of hydrogen-bond donors (Lipinski definition) is 2. The first-order valence-electron chi connectivity index (χ1n) is 23.5. The highest BCUT2D eigenvalue weighted by molar-refractivity contribution is 5.86. The Morgan fingerprint density at radius 2 is 1.09 bits per heavy atom. The Balaban J connectivity index is 2.69. The van der Waals surface area contributed by atoms with Crippen molar-refractivity contribution in [3.63, 3.8) is 0 Å². The summed E-state index contributed by atoms with van der Waals surface area (Å²) in [6.45, 7) is 17.0. The van der Waals surface area contributed by atoms with Crippen LogP contribution in [0, 0.1) is 0 Å². The van der Waals surface area contributed by atoms with E-state index in [1.54, 1.807) is 41.5 Å². The zero-order chi connectivity index (χ0) is 42.9. The predicted molar refractivity (Wildman–Crippen MR) is 236 cm³/mol. The van der Waals surface area contributed by atoms with Crippen LogP contribution < -0.4 is 10.6 Å². The molecular formula is C47H88N4O7. The maximum absolute atomic E-state index is 13.7. The second kappa shape index (κ2) is 33.1. The van der Waals surface area contributed by atoms with Crippen LogP contribution in [0.1, 0.15) is 215 Å². The smallest absolute Gasteiger partial charge is 0.419 e. The van der Waals surface area contributed by atoms with Gasteiger partial charge in [0.15, 0.2) is 0 Å². The topological polar surface area (TPSA) is 130 Å². The molecule has 2 atom stereocenters. The number of nitrogens with zero attached hydrogens (tertiary/aromatic N) is 2. The number of rotatable bonds is 35. The Hall–Kier alpha value is -2.66. The molecule has 0 radical (unpaired) electrons. The lowest BCUT2D eigenvalue weighted by molar-refractivity contribution is -0.124. The monoisotopic (exact) mass is 821 g/mol. The van der Waals surface area contributed by atoms with Gasteiger partial charge in [-0.05, 0) is 54.4 Å². The van der Waals surface area contributed by atoms with Crippen molar-refractivity contribution in [3.05, 3.63) is 18.2 Å². The number of aromatic nitrogens is 2. The lowest BCUT2D eigenvalue weighted by Gasteiger charge is -2.24. The number of carbonyl (C=O) groups is 3. The number of unbranched alkanes of at least 4 members (excludes halogenated alkanes) is 22. The van der Waals surface area contributed by atoms with Gasteiger partial charge >= 0.3 is 12.2 Å². The van der Waals surface area contributed by atoms with Gasteiger partial charge < -0.3 is 29.6 Å². The number of amides is 2. The molecule has 0 spiro atoms. The Morgan fingerprint density at radius 1 is 0.638 bits per heavy atom. The SMILES string of the molecule is CCCCCCCCCCCCCCOCC(CNC(=O)C(Cc1cn(C(=O)OC(C)(C)C)cn1)NC(=O)OC(C)(C)C)OCCCCCCCCCCCCCC. The van der Waals surface area contributed by atoms with Crippen molar-refractivity contribution in [2.45, 2.75) is 239 Å². The van der Waals surface area contributed by atoms with Crippen LogP contribution in [-0.2, 0) is 30.2 Å². The number of alkyl carbamates (subject to hydrolysis) is 1. The van der Waals surface area contributed by atoms with Gasteiger partial charge in [-0.1, -0.05) is 155 Å². The molecule has 11 heteroatoms. The molecule has 2 unspecified atom stereocenters. The maximum Gasteiger partial charge on any atom is 0.419 e. The van der Waals surface area contributed by atoms with Gasteiger partial charge in [-0.2, -0.15) is 0 Å². The predicted octanol–water partition coefficient (Wildman–Crippen LogP) is 12.0. The summed E-state index contributed by atoms with van der Waals surface area (Å²) < 4.78 is 24.5. The highest BCUT2D eigenvalue weighted by Crippen LogP contribution is 2.15. The molecule has 0 fully saturated rings. The second-order valence-corrected chi connectivity index (χ2v) is 18.2. The Morgan fingerprint density at radius 3 is 1.55 bits per heavy atom. The fourth-order valence-electron chi connectivity index (χ4n) is 6.71. The van der Waals surface area contributed by atoms with E-state index < -0.39 is 35.3 Å². The molecule has 2 amide bonds. The van der Waals surface area contributed by atoms with Gasteiger partial charge in [0.1, 0.15) is 23.6 Å². The van der Waals surface area contributed by atoms with E-state index in [1.165, 1.54) is 146 Å². The summed E-state index contributed by atoms with van der Waals surface area (Å²) >= 11 is 0. The third-order valence-corrected chi connectivity index (χ3v) is 9.96. The van der Waals surface area contributed by atoms with Crippen LogP contribution in [-0.4, -0.2) is 77.4 Å². The van der Waals surface area contributed by atoms with E-state index in [-0.39, 0.29) is 19.1 Å². The molecule has 338 valence electrons. The van der Waals surface area contributed by atoms with Crippen molar-refractivity contribution in [2.24, 2.45) is 0 Å². The molecule has 0 aliphatic carbocycles. The molecule has 2 N–H and O–H groups in total. The van der Waals surface area contributed by atoms with Crippen molar-refractivity contribution in [1.29, 1.82) is 0 Å². The average Bonchev–Trinajstić information content (AvgIpc) is 3.62. The number of nitrogens with one attached hydrogen (secondary N) is 2. The molecule has 1 heterocycles. The third-order valence-electron chi connectivity index (χ3n) is 9.96. The molecule has 0 aliphatic heterocycles. The maximum atomic E-state index is 13.7. The molecular weight excluding hydrogens is 733 g/mol. The number of ether oxygens (including phenoxy) is 4.